The lowest BCUT2D eigenvalue weighted by atomic mass is 9.84. The Morgan fingerprint density at radius 2 is 1.03 bits per heavy atom. The molecule has 2 aromatic rings. The second-order valence-electron chi connectivity index (χ2n) is 10.6. The first kappa shape index (κ1) is 24.3. The van der Waals surface area contributed by atoms with Crippen molar-refractivity contribution >= 4 is 46.8 Å². The molecule has 0 saturated carbocycles. The van der Waals surface area contributed by atoms with Gasteiger partial charge in [-0.15, -0.1) is 0 Å². The molecule has 164 valence electrons. The predicted molar refractivity (Wildman–Crippen MR) is 151 cm³/mol. The van der Waals surface area contributed by atoms with Gasteiger partial charge in [0, 0.05) is 16.6 Å². The topological polar surface area (TPSA) is 9.23 Å². The highest BCUT2D eigenvalue weighted by molar-refractivity contribution is 8.00. The molecule has 0 aliphatic carbocycles. The van der Waals surface area contributed by atoms with E-state index in [-0.39, 0.29) is 5.60 Å². The van der Waals surface area contributed by atoms with Crippen molar-refractivity contribution < 1.29 is 4.43 Å². The Kier molecular flexibility index (Phi) is 7.54. The smallest absolute Gasteiger partial charge is 0.148 e. The fraction of sp³-hybridized carbons (Fsp3) is 0.478. The van der Waals surface area contributed by atoms with Crippen LogP contribution in [-0.4, -0.2) is 46.8 Å². The highest BCUT2D eigenvalue weighted by atomic mass is 30.2. The molecule has 0 radical (unpaired) electrons. The minimum atomic E-state index is -1.70. The molecule has 7 heteroatoms. The van der Waals surface area contributed by atoms with Crippen LogP contribution in [0, 0.1) is 0 Å². The Hall–Kier alpha value is -0.299. The molecule has 0 spiro atoms. The molecule has 0 aromatic heterocycles. The van der Waals surface area contributed by atoms with Gasteiger partial charge in [0.25, 0.3) is 0 Å². The maximum Gasteiger partial charge on any atom is 0.148 e. The first-order valence-electron chi connectivity index (χ1n) is 12.0. The molecule has 1 fully saturated rings. The van der Waals surface area contributed by atoms with Crippen LogP contribution in [-0.2, 0) is 10.0 Å². The molecule has 3 rings (SSSR count). The van der Waals surface area contributed by atoms with E-state index < -0.39 is 46.8 Å². The van der Waals surface area contributed by atoms with Crippen molar-refractivity contribution in [2.75, 3.05) is 0 Å². The van der Waals surface area contributed by atoms with E-state index >= 15 is 0 Å². The van der Waals surface area contributed by atoms with Crippen molar-refractivity contribution in [1.82, 2.24) is 0 Å². The zero-order chi connectivity index (χ0) is 22.2. The van der Waals surface area contributed by atoms with Crippen molar-refractivity contribution in [1.29, 1.82) is 0 Å². The van der Waals surface area contributed by atoms with E-state index in [9.17, 15) is 0 Å². The third-order valence-corrected chi connectivity index (χ3v) is 124. The average molecular weight is 503 g/mol. The summed E-state index contributed by atoms with van der Waals surface area (Å²) in [5, 5.41) is 0. The van der Waals surface area contributed by atoms with Gasteiger partial charge in [-0.3, -0.25) is 0 Å². The first-order valence-corrected chi connectivity index (χ1v) is 33.6. The maximum atomic E-state index is 8.09. The first-order chi connectivity index (χ1) is 14.1. The van der Waals surface area contributed by atoms with Crippen LogP contribution < -0.4 is 0 Å². The average Bonchev–Trinajstić information content (AvgIpc) is 2.73. The van der Waals surface area contributed by atoms with E-state index in [4.69, 9.17) is 4.43 Å². The lowest BCUT2D eigenvalue weighted by Gasteiger charge is -2.63. The predicted octanol–water partition coefficient (Wildman–Crippen LogP) is 5.08. The minimum Gasteiger partial charge on any atom is -0.414 e. The van der Waals surface area contributed by atoms with Gasteiger partial charge in [0.2, 0.25) is 0 Å². The molecular weight excluding hydrogens is 461 g/mol. The fourth-order valence-electron chi connectivity index (χ4n) is 7.12. The van der Waals surface area contributed by atoms with Crippen molar-refractivity contribution in [2.24, 2.45) is 0 Å². The third-order valence-electron chi connectivity index (χ3n) is 8.22. The lowest BCUT2D eigenvalue weighted by molar-refractivity contribution is 0.103. The summed E-state index contributed by atoms with van der Waals surface area (Å²) in [5.41, 5.74) is 2.62. The second kappa shape index (κ2) is 9.29. The Labute approximate surface area is 192 Å². The number of hydrogen-bond donors (Lipinski definition) is 0. The molecule has 0 atom stereocenters. The van der Waals surface area contributed by atoms with Crippen LogP contribution in [0.4, 0.5) is 0 Å². The van der Waals surface area contributed by atoms with Crippen LogP contribution in [0.2, 0.25) is 58.4 Å². The summed E-state index contributed by atoms with van der Waals surface area (Å²) in [6.07, 6.45) is 1.22. The van der Waals surface area contributed by atoms with Crippen LogP contribution in [0.1, 0.15) is 17.5 Å². The summed E-state index contributed by atoms with van der Waals surface area (Å²) in [6.45, 7) is 18.7. The van der Waals surface area contributed by atoms with Gasteiger partial charge < -0.3 is 4.43 Å². The number of rotatable bonds is 6. The maximum absolute atomic E-state index is 8.09. The molecule has 2 aromatic carbocycles. The molecule has 1 aliphatic heterocycles. The van der Waals surface area contributed by atoms with Crippen LogP contribution in [0.5, 0.6) is 0 Å². The monoisotopic (exact) mass is 502 g/mol. The highest BCUT2D eigenvalue weighted by Crippen LogP contribution is 2.51. The molecule has 1 saturated heterocycles. The van der Waals surface area contributed by atoms with Crippen molar-refractivity contribution in [2.45, 2.75) is 70.4 Å². The van der Waals surface area contributed by atoms with E-state index in [1.165, 1.54) is 17.5 Å². The van der Waals surface area contributed by atoms with E-state index in [0.29, 0.717) is 0 Å². The number of hydrogen-bond acceptors (Lipinski definition) is 1. The number of benzene rings is 2. The summed E-state index contributed by atoms with van der Waals surface area (Å²) >= 11 is 0. The molecule has 1 aliphatic rings. The summed E-state index contributed by atoms with van der Waals surface area (Å²) in [6, 6.07) is 24.2. The van der Waals surface area contributed by atoms with Crippen molar-refractivity contribution in [3.05, 3.63) is 71.8 Å². The fourth-order valence-corrected chi connectivity index (χ4v) is 182. The van der Waals surface area contributed by atoms with Gasteiger partial charge in [0.1, 0.15) is 12.5 Å². The summed E-state index contributed by atoms with van der Waals surface area (Å²) < 4.78 is 8.09. The van der Waals surface area contributed by atoms with Crippen molar-refractivity contribution in [3.63, 3.8) is 0 Å². The lowest BCUT2D eigenvalue weighted by Crippen LogP contribution is -2.89. The highest BCUT2D eigenvalue weighted by Gasteiger charge is 2.68. The van der Waals surface area contributed by atoms with E-state index in [1.807, 2.05) is 0 Å². The summed E-state index contributed by atoms with van der Waals surface area (Å²) in [7, 11) is -3.25. The molecule has 1 nitrogen and oxygen atoms in total. The van der Waals surface area contributed by atoms with Crippen LogP contribution >= 0.6 is 0 Å². The van der Waals surface area contributed by atoms with Crippen LogP contribution in [0.25, 0.3) is 0 Å². The molecule has 0 bridgehead atoms. The summed E-state index contributed by atoms with van der Waals surface area (Å²) in [5.74, 6) is 0. The minimum absolute atomic E-state index is 0.202. The molecule has 0 unspecified atom stereocenters. The van der Waals surface area contributed by atoms with E-state index in [0.717, 1.165) is 0 Å². The van der Waals surface area contributed by atoms with Gasteiger partial charge in [-0.2, -0.15) is 0 Å². The Morgan fingerprint density at radius 3 is 1.37 bits per heavy atom. The molecular formula is C23H42OSi6. The Bertz CT molecular complexity index is 767. The van der Waals surface area contributed by atoms with Crippen molar-refractivity contribution in [3.8, 4) is 0 Å². The Balaban J connectivity index is 2.32. The third kappa shape index (κ3) is 3.64. The van der Waals surface area contributed by atoms with Gasteiger partial charge in [0.15, 0.2) is 0 Å². The largest absolute Gasteiger partial charge is 0.414 e. The van der Waals surface area contributed by atoms with E-state index in [1.54, 1.807) is 6.04 Å². The van der Waals surface area contributed by atoms with Crippen LogP contribution in [0.3, 0.4) is 0 Å². The standard InChI is InChI=1S/C23H42OSi6/c1-25(2)29(26(3)4)20-19-23(21-15-11-9-12-16-21,22-17-13-10-14-18-22)24-30(29,27(5)6)28(7)8/h9-18,25-28H,19-20H2,1-8H3. The zero-order valence-electron chi connectivity index (χ0n) is 20.4. The molecule has 1 heterocycles. The zero-order valence-corrected chi connectivity index (χ0v) is 27.0. The van der Waals surface area contributed by atoms with Gasteiger partial charge >= 0.3 is 0 Å². The second-order valence-corrected chi connectivity index (χ2v) is 65.5. The molecule has 0 N–H and O–H groups in total. The molecule has 30 heavy (non-hydrogen) atoms. The normalized spacial score (nSPS) is 20.3. The van der Waals surface area contributed by atoms with Crippen LogP contribution in [0.15, 0.2) is 60.7 Å². The van der Waals surface area contributed by atoms with E-state index in [2.05, 4.69) is 113 Å². The molecule has 0 amide bonds. The van der Waals surface area contributed by atoms with Gasteiger partial charge in [-0.05, 0) is 17.5 Å². The van der Waals surface area contributed by atoms with Gasteiger partial charge in [0.05, 0.1) is 23.3 Å². The van der Waals surface area contributed by atoms with Gasteiger partial charge in [-0.1, -0.05) is 119 Å². The summed E-state index contributed by atoms with van der Waals surface area (Å²) in [4.78, 5) is 0. The SMILES string of the molecule is C[SiH](C)[Si]1([SiH](C)C)CCC(c2ccccc2)(c2ccccc2)O[Si]1([SiH](C)C)[SiH](C)C. The Morgan fingerprint density at radius 1 is 0.633 bits per heavy atom. The van der Waals surface area contributed by atoms with Gasteiger partial charge in [-0.25, -0.2) is 0 Å². The quantitative estimate of drug-likeness (QED) is 0.500.